The van der Waals surface area contributed by atoms with Gasteiger partial charge in [0.25, 0.3) is 5.91 Å². The molecule has 0 aromatic heterocycles. The Hall–Kier alpha value is -4.14. The summed E-state index contributed by atoms with van der Waals surface area (Å²) in [4.78, 5) is 52.5. The predicted molar refractivity (Wildman–Crippen MR) is 226 cm³/mol. The number of carbonyl (C=O) groups excluding carboxylic acids is 3. The van der Waals surface area contributed by atoms with Crippen LogP contribution in [-0.2, 0) is 35.6 Å². The van der Waals surface area contributed by atoms with E-state index in [-0.39, 0.29) is 38.3 Å². The fraction of sp³-hybridized carbons (Fsp3) is 0.476. The van der Waals surface area contributed by atoms with Gasteiger partial charge in [-0.15, -0.1) is 0 Å². The average Bonchev–Trinajstić information content (AvgIpc) is 3.46. The van der Waals surface area contributed by atoms with E-state index in [2.05, 4.69) is 52.2 Å². The van der Waals surface area contributed by atoms with Gasteiger partial charge in [0.05, 0.1) is 5.75 Å². The minimum absolute atomic E-state index is 0.0374. The van der Waals surface area contributed by atoms with Crippen molar-refractivity contribution in [2.45, 2.75) is 102 Å². The molecule has 0 bridgehead atoms. The molecule has 4 rings (SSSR count). The van der Waals surface area contributed by atoms with Gasteiger partial charge in [-0.05, 0) is 57.8 Å². The largest absolute Gasteiger partial charge is 0.481 e. The maximum atomic E-state index is 14.0. The maximum absolute atomic E-state index is 14.0. The first-order valence-corrected chi connectivity index (χ1v) is 24.9. The molecule has 3 aromatic rings. The van der Waals surface area contributed by atoms with Crippen LogP contribution in [0.15, 0.2) is 78.9 Å². The fourth-order valence-corrected chi connectivity index (χ4v) is 19.7. The Morgan fingerprint density at radius 1 is 0.804 bits per heavy atom. The predicted octanol–water partition coefficient (Wildman–Crippen LogP) is 7.57. The quantitative estimate of drug-likeness (QED) is 0.0978. The number of fused-ring (bicyclic) bond motifs is 3. The Kier molecular flexibility index (Phi) is 15.8. The Morgan fingerprint density at radius 3 is 1.88 bits per heavy atom. The van der Waals surface area contributed by atoms with E-state index in [0.29, 0.717) is 22.4 Å². The van der Waals surface area contributed by atoms with Gasteiger partial charge in [-0.25, -0.2) is 17.5 Å². The first kappa shape index (κ1) is 44.6. The van der Waals surface area contributed by atoms with E-state index in [1.165, 1.54) is 6.92 Å². The van der Waals surface area contributed by atoms with Crippen molar-refractivity contribution in [3.63, 3.8) is 0 Å². The Labute approximate surface area is 337 Å². The summed E-state index contributed by atoms with van der Waals surface area (Å²) >= 11 is 1.77. The highest BCUT2D eigenvalue weighted by Crippen LogP contribution is 2.49. The second-order valence-corrected chi connectivity index (χ2v) is 26.2. The number of nitrogens with zero attached hydrogens (tertiary/aromatic N) is 1. The van der Waals surface area contributed by atoms with Gasteiger partial charge in [0.1, 0.15) is 25.9 Å². The number of carbonyl (C=O) groups is 4. The number of ether oxygens (including phenoxy) is 1. The minimum atomic E-state index is -4.24. The van der Waals surface area contributed by atoms with E-state index in [4.69, 9.17) is 9.84 Å². The number of sulfonamides is 1. The molecule has 0 spiro atoms. The normalized spacial score (nSPS) is 13.9. The molecule has 11 nitrogen and oxygen atoms in total. The van der Waals surface area contributed by atoms with Crippen molar-refractivity contribution >= 4 is 52.3 Å². The van der Waals surface area contributed by atoms with Crippen LogP contribution >= 0.6 is 11.2 Å². The van der Waals surface area contributed by atoms with Crippen LogP contribution in [-0.4, -0.2) is 85.7 Å². The van der Waals surface area contributed by atoms with Crippen LogP contribution in [0.25, 0.3) is 11.1 Å². The van der Waals surface area contributed by atoms with Gasteiger partial charge >= 0.3 is 12.1 Å². The molecule has 2 atom stereocenters. The van der Waals surface area contributed by atoms with Crippen LogP contribution in [0.1, 0.15) is 83.9 Å². The number of carboxylic acids is 1. The molecular formula is C42H57N3O8S2Si. The van der Waals surface area contributed by atoms with Gasteiger partial charge in [0.2, 0.25) is 15.9 Å². The molecule has 0 aliphatic heterocycles. The van der Waals surface area contributed by atoms with Crippen LogP contribution in [0.5, 0.6) is 0 Å². The number of nitrogens with one attached hydrogen (secondary N) is 2. The van der Waals surface area contributed by atoms with E-state index in [1.54, 1.807) is 11.2 Å². The van der Waals surface area contributed by atoms with Crippen LogP contribution in [0.4, 0.5) is 4.79 Å². The van der Waals surface area contributed by atoms with Crippen molar-refractivity contribution in [2.24, 2.45) is 0 Å². The molecule has 56 heavy (non-hydrogen) atoms. The molecule has 3 aromatic carbocycles. The average molecular weight is 824 g/mol. The van der Waals surface area contributed by atoms with Crippen molar-refractivity contribution in [1.82, 2.24) is 14.9 Å². The molecule has 0 radical (unpaired) electrons. The number of hydrogen-bond acceptors (Lipinski definition) is 8. The van der Waals surface area contributed by atoms with E-state index in [1.807, 2.05) is 78.9 Å². The summed E-state index contributed by atoms with van der Waals surface area (Å²) in [5.74, 6) is -3.01. The molecular weight excluding hydrogens is 767 g/mol. The molecule has 0 heterocycles. The second-order valence-electron chi connectivity index (χ2n) is 15.3. The number of amides is 3. The van der Waals surface area contributed by atoms with E-state index >= 15 is 0 Å². The number of rotatable bonds is 20. The smallest absolute Gasteiger partial charge is 0.407 e. The zero-order valence-corrected chi connectivity index (χ0v) is 36.1. The number of aliphatic carboxylic acids is 1. The first-order valence-electron chi connectivity index (χ1n) is 19.3. The van der Waals surface area contributed by atoms with E-state index < -0.39 is 59.0 Å². The lowest BCUT2D eigenvalue weighted by Gasteiger charge is -2.42. The summed E-state index contributed by atoms with van der Waals surface area (Å²) in [5, 5.41) is 14.5. The Bertz CT molecular complexity index is 1870. The zero-order chi connectivity index (χ0) is 41.2. The summed E-state index contributed by atoms with van der Waals surface area (Å²) in [6, 6.07) is 22.6. The topological polar surface area (TPSA) is 159 Å². The third-order valence-corrected chi connectivity index (χ3v) is 25.2. The second kappa shape index (κ2) is 19.8. The highest BCUT2D eigenvalue weighted by atomic mass is 32.4. The van der Waals surface area contributed by atoms with Crippen molar-refractivity contribution in [3.8, 4) is 11.1 Å². The highest BCUT2D eigenvalue weighted by molar-refractivity contribution is 8.29. The molecule has 0 saturated carbocycles. The fourth-order valence-electron chi connectivity index (χ4n) is 8.14. The number of carboxylic acid groups (broad SMARTS) is 1. The zero-order valence-electron chi connectivity index (χ0n) is 33.5. The summed E-state index contributed by atoms with van der Waals surface area (Å²) in [7, 11) is -6.26. The lowest BCUT2D eigenvalue weighted by atomic mass is 9.98. The molecule has 3 N–H and O–H groups in total. The summed E-state index contributed by atoms with van der Waals surface area (Å²) < 4.78 is 33.9. The minimum Gasteiger partial charge on any atom is -0.481 e. The van der Waals surface area contributed by atoms with Crippen LogP contribution in [0.2, 0.25) is 16.6 Å². The van der Waals surface area contributed by atoms with Gasteiger partial charge in [0.15, 0.2) is 0 Å². The highest BCUT2D eigenvalue weighted by Gasteiger charge is 2.44. The van der Waals surface area contributed by atoms with Gasteiger partial charge in [0, 0.05) is 31.1 Å². The maximum Gasteiger partial charge on any atom is 0.407 e. The molecule has 0 saturated heterocycles. The molecule has 1 aliphatic carbocycles. The molecule has 0 unspecified atom stereocenters. The standard InChI is InChI=1S/C42H57N3O8S2Si/c1-28(2)56(29(3)4,30(5)6)54-24-23-45(55(51,52)25-15-22-39(46)47)41(49)31(7)43-40(48)38(26-32-16-9-8-10-17-32)44-42(50)53-27-37-35-20-13-11-18-33(35)34-19-12-14-21-36(34)37/h8-14,16-21,28-31,37-38H,15,22-27H2,1-7H3,(H,43,48)(H,44,50)(H,46,47)/t31-,38-/m0/s1. The van der Waals surface area contributed by atoms with Crippen molar-refractivity contribution < 1.29 is 37.4 Å². The van der Waals surface area contributed by atoms with E-state index in [9.17, 15) is 27.6 Å². The van der Waals surface area contributed by atoms with Crippen molar-refractivity contribution in [3.05, 3.63) is 95.6 Å². The molecule has 14 heteroatoms. The van der Waals surface area contributed by atoms with Gasteiger partial charge in [-0.3, -0.25) is 14.4 Å². The number of benzene rings is 3. The summed E-state index contributed by atoms with van der Waals surface area (Å²) in [5.41, 5.74) is 6.17. The van der Waals surface area contributed by atoms with Crippen LogP contribution < -0.4 is 10.6 Å². The Morgan fingerprint density at radius 2 is 1.34 bits per heavy atom. The number of hydrogen-bond donors (Lipinski definition) is 3. The summed E-state index contributed by atoms with van der Waals surface area (Å²) in [6.07, 6.45) is -1.26. The molecule has 304 valence electrons. The summed E-state index contributed by atoms with van der Waals surface area (Å²) in [6.45, 7) is 14.5. The van der Waals surface area contributed by atoms with Crippen LogP contribution in [0.3, 0.4) is 0 Å². The van der Waals surface area contributed by atoms with Gasteiger partial charge in [-0.2, -0.15) is 11.2 Å². The molecule has 3 amide bonds. The lowest BCUT2D eigenvalue weighted by Crippen LogP contribution is -2.55. The SMILES string of the molecule is CC(C)[Si](SCCN(C(=O)[C@H](C)NC(=O)[C@H](Cc1ccccc1)NC(=O)OCC1c2ccccc2-c2ccccc21)S(=O)(=O)CCCC(=O)O)(C(C)C)C(C)C. The first-order chi connectivity index (χ1) is 26.5. The molecule has 1 aliphatic rings. The third kappa shape index (κ3) is 10.8. The third-order valence-electron chi connectivity index (χ3n) is 10.7. The van der Waals surface area contributed by atoms with Crippen molar-refractivity contribution in [1.29, 1.82) is 0 Å². The van der Waals surface area contributed by atoms with E-state index in [0.717, 1.165) is 32.1 Å². The van der Waals surface area contributed by atoms with Crippen molar-refractivity contribution in [2.75, 3.05) is 24.7 Å². The van der Waals surface area contributed by atoms with Gasteiger partial charge < -0.3 is 20.5 Å². The van der Waals surface area contributed by atoms with Gasteiger partial charge in [-0.1, -0.05) is 120 Å². The molecule has 0 fully saturated rings. The van der Waals surface area contributed by atoms with Crippen LogP contribution in [0, 0.1) is 0 Å². The Balaban J connectivity index is 1.51. The number of alkyl carbamates (subject to hydrolysis) is 1. The lowest BCUT2D eigenvalue weighted by molar-refractivity contribution is -0.137. The monoisotopic (exact) mass is 823 g/mol.